The molecular weight excluding hydrogens is 352 g/mol. The van der Waals surface area contributed by atoms with E-state index >= 15 is 0 Å². The predicted molar refractivity (Wildman–Crippen MR) is 109 cm³/mol. The SMILES string of the molecule is Cc1ccn(-c2ccc(NCCNC(=O)c3ccc4ccccc4c3)nn2)n1. The molecule has 4 aromatic rings. The lowest BCUT2D eigenvalue weighted by Crippen LogP contribution is -2.28. The molecule has 0 atom stereocenters. The van der Waals surface area contributed by atoms with Crippen molar-refractivity contribution in [3.8, 4) is 5.82 Å². The second-order valence-corrected chi connectivity index (χ2v) is 6.42. The number of amides is 1. The predicted octanol–water partition coefficient (Wildman–Crippen LogP) is 2.97. The largest absolute Gasteiger partial charge is 0.367 e. The van der Waals surface area contributed by atoms with Crippen LogP contribution in [0.5, 0.6) is 0 Å². The molecule has 7 nitrogen and oxygen atoms in total. The number of carbonyl (C=O) groups is 1. The van der Waals surface area contributed by atoms with Gasteiger partial charge in [-0.3, -0.25) is 4.79 Å². The summed E-state index contributed by atoms with van der Waals surface area (Å²) in [5.41, 5.74) is 1.57. The van der Waals surface area contributed by atoms with Crippen LogP contribution in [0.1, 0.15) is 16.1 Å². The average molecular weight is 372 g/mol. The zero-order valence-electron chi connectivity index (χ0n) is 15.5. The average Bonchev–Trinajstić information content (AvgIpc) is 3.17. The van der Waals surface area contributed by atoms with Crippen LogP contribution in [0.4, 0.5) is 5.82 Å². The fourth-order valence-electron chi connectivity index (χ4n) is 2.88. The zero-order chi connectivity index (χ0) is 19.3. The van der Waals surface area contributed by atoms with E-state index in [2.05, 4.69) is 25.9 Å². The summed E-state index contributed by atoms with van der Waals surface area (Å²) in [7, 11) is 0. The summed E-state index contributed by atoms with van der Waals surface area (Å²) in [5.74, 6) is 1.21. The van der Waals surface area contributed by atoms with Crippen LogP contribution in [0.3, 0.4) is 0 Å². The molecule has 7 heteroatoms. The number of fused-ring (bicyclic) bond motifs is 1. The van der Waals surface area contributed by atoms with Gasteiger partial charge in [-0.25, -0.2) is 4.68 Å². The van der Waals surface area contributed by atoms with Crippen LogP contribution in [0.15, 0.2) is 66.9 Å². The number of aryl methyl sites for hydroxylation is 1. The van der Waals surface area contributed by atoms with Gasteiger partial charge in [0.2, 0.25) is 0 Å². The summed E-state index contributed by atoms with van der Waals surface area (Å²) in [6, 6.07) is 19.3. The molecule has 0 unspecified atom stereocenters. The highest BCUT2D eigenvalue weighted by Crippen LogP contribution is 2.15. The first-order valence-corrected chi connectivity index (χ1v) is 9.06. The number of benzene rings is 2. The molecule has 0 spiro atoms. The van der Waals surface area contributed by atoms with Crippen LogP contribution < -0.4 is 10.6 Å². The molecule has 2 aromatic heterocycles. The minimum absolute atomic E-state index is 0.0944. The number of hydrogen-bond donors (Lipinski definition) is 2. The fourth-order valence-corrected chi connectivity index (χ4v) is 2.88. The van der Waals surface area contributed by atoms with Crippen LogP contribution in [0.2, 0.25) is 0 Å². The summed E-state index contributed by atoms with van der Waals surface area (Å²) in [5, 5.41) is 20.8. The lowest BCUT2D eigenvalue weighted by atomic mass is 10.1. The Morgan fingerprint density at radius 2 is 1.82 bits per heavy atom. The van der Waals surface area contributed by atoms with Crippen molar-refractivity contribution in [2.24, 2.45) is 0 Å². The monoisotopic (exact) mass is 372 g/mol. The maximum absolute atomic E-state index is 12.3. The van der Waals surface area contributed by atoms with E-state index in [1.165, 1.54) is 0 Å². The quantitative estimate of drug-likeness (QED) is 0.508. The summed E-state index contributed by atoms with van der Waals surface area (Å²) >= 11 is 0. The summed E-state index contributed by atoms with van der Waals surface area (Å²) < 4.78 is 1.68. The Balaban J connectivity index is 1.28. The van der Waals surface area contributed by atoms with Gasteiger partial charge < -0.3 is 10.6 Å². The molecule has 0 aliphatic heterocycles. The molecule has 2 N–H and O–H groups in total. The normalized spacial score (nSPS) is 10.8. The van der Waals surface area contributed by atoms with E-state index in [0.717, 1.165) is 16.5 Å². The molecule has 2 aromatic carbocycles. The second-order valence-electron chi connectivity index (χ2n) is 6.42. The first-order chi connectivity index (χ1) is 13.7. The van der Waals surface area contributed by atoms with E-state index in [1.54, 1.807) is 4.68 Å². The van der Waals surface area contributed by atoms with Gasteiger partial charge in [0.25, 0.3) is 5.91 Å². The van der Waals surface area contributed by atoms with Crippen molar-refractivity contribution in [3.63, 3.8) is 0 Å². The highest BCUT2D eigenvalue weighted by Gasteiger charge is 2.06. The van der Waals surface area contributed by atoms with Gasteiger partial charge in [-0.05, 0) is 48.0 Å². The van der Waals surface area contributed by atoms with Crippen LogP contribution >= 0.6 is 0 Å². The number of anilines is 1. The molecule has 140 valence electrons. The van der Waals surface area contributed by atoms with E-state index < -0.39 is 0 Å². The number of carbonyl (C=O) groups excluding carboxylic acids is 1. The molecule has 0 aliphatic carbocycles. The first-order valence-electron chi connectivity index (χ1n) is 9.06. The first kappa shape index (κ1) is 17.7. The Bertz CT molecular complexity index is 1100. The van der Waals surface area contributed by atoms with Crippen molar-refractivity contribution in [1.82, 2.24) is 25.3 Å². The van der Waals surface area contributed by atoms with Crippen LogP contribution in [-0.4, -0.2) is 39.0 Å². The van der Waals surface area contributed by atoms with E-state index in [4.69, 9.17) is 0 Å². The fraction of sp³-hybridized carbons (Fsp3) is 0.143. The molecule has 0 bridgehead atoms. The topological polar surface area (TPSA) is 84.7 Å². The van der Waals surface area contributed by atoms with Gasteiger partial charge in [0.05, 0.1) is 5.69 Å². The second kappa shape index (κ2) is 7.87. The van der Waals surface area contributed by atoms with Crippen molar-refractivity contribution in [2.75, 3.05) is 18.4 Å². The van der Waals surface area contributed by atoms with E-state index in [1.807, 2.05) is 73.8 Å². The summed E-state index contributed by atoms with van der Waals surface area (Å²) in [4.78, 5) is 12.3. The Morgan fingerprint density at radius 3 is 2.57 bits per heavy atom. The third kappa shape index (κ3) is 3.98. The van der Waals surface area contributed by atoms with Gasteiger partial charge in [0.15, 0.2) is 5.82 Å². The van der Waals surface area contributed by atoms with Gasteiger partial charge in [0, 0.05) is 24.8 Å². The van der Waals surface area contributed by atoms with Crippen molar-refractivity contribution in [1.29, 1.82) is 0 Å². The number of hydrogen-bond acceptors (Lipinski definition) is 5. The van der Waals surface area contributed by atoms with Gasteiger partial charge in [-0.2, -0.15) is 5.10 Å². The molecule has 0 radical (unpaired) electrons. The van der Waals surface area contributed by atoms with Crippen molar-refractivity contribution < 1.29 is 4.79 Å². The van der Waals surface area contributed by atoms with Crippen LogP contribution in [0, 0.1) is 6.92 Å². The summed E-state index contributed by atoms with van der Waals surface area (Å²) in [6.07, 6.45) is 1.84. The van der Waals surface area contributed by atoms with E-state index in [9.17, 15) is 4.79 Å². The van der Waals surface area contributed by atoms with Gasteiger partial charge >= 0.3 is 0 Å². The lowest BCUT2D eigenvalue weighted by molar-refractivity contribution is 0.0955. The molecule has 1 amide bonds. The lowest BCUT2D eigenvalue weighted by Gasteiger charge is -2.08. The molecule has 28 heavy (non-hydrogen) atoms. The van der Waals surface area contributed by atoms with Gasteiger partial charge in [0.1, 0.15) is 5.82 Å². The van der Waals surface area contributed by atoms with Crippen molar-refractivity contribution in [3.05, 3.63) is 78.1 Å². The van der Waals surface area contributed by atoms with Gasteiger partial charge in [-0.1, -0.05) is 30.3 Å². The Morgan fingerprint density at radius 1 is 0.964 bits per heavy atom. The minimum Gasteiger partial charge on any atom is -0.367 e. The number of nitrogens with zero attached hydrogens (tertiary/aromatic N) is 4. The van der Waals surface area contributed by atoms with Gasteiger partial charge in [-0.15, -0.1) is 10.2 Å². The molecule has 0 aliphatic rings. The Labute approximate surface area is 162 Å². The molecule has 0 fully saturated rings. The van der Waals surface area contributed by atoms with E-state index in [-0.39, 0.29) is 5.91 Å². The summed E-state index contributed by atoms with van der Waals surface area (Å²) in [6.45, 7) is 2.95. The number of nitrogens with one attached hydrogen (secondary N) is 2. The number of aromatic nitrogens is 4. The van der Waals surface area contributed by atoms with Crippen molar-refractivity contribution >= 4 is 22.5 Å². The van der Waals surface area contributed by atoms with E-state index in [0.29, 0.717) is 30.3 Å². The highest BCUT2D eigenvalue weighted by atomic mass is 16.1. The number of rotatable bonds is 6. The van der Waals surface area contributed by atoms with Crippen LogP contribution in [-0.2, 0) is 0 Å². The highest BCUT2D eigenvalue weighted by molar-refractivity contribution is 5.98. The third-order valence-electron chi connectivity index (χ3n) is 4.34. The molecule has 4 rings (SSSR count). The van der Waals surface area contributed by atoms with Crippen molar-refractivity contribution in [2.45, 2.75) is 6.92 Å². The molecule has 0 saturated heterocycles. The molecule has 2 heterocycles. The maximum Gasteiger partial charge on any atom is 0.251 e. The third-order valence-corrected chi connectivity index (χ3v) is 4.34. The molecular formula is C21H20N6O. The zero-order valence-corrected chi connectivity index (χ0v) is 15.5. The minimum atomic E-state index is -0.0944. The smallest absolute Gasteiger partial charge is 0.251 e. The Hall–Kier alpha value is -3.74. The standard InChI is InChI=1S/C21H20N6O/c1-15-10-13-27(26-15)20-9-8-19(24-25-20)22-11-12-23-21(28)18-7-6-16-4-2-3-5-17(16)14-18/h2-10,13-14H,11-12H2,1H3,(H,22,24)(H,23,28). The van der Waals surface area contributed by atoms with Crippen LogP contribution in [0.25, 0.3) is 16.6 Å². The maximum atomic E-state index is 12.3. The molecule has 0 saturated carbocycles. The Kier molecular flexibility index (Phi) is 4.97.